The van der Waals surface area contributed by atoms with Crippen LogP contribution < -0.4 is 16.4 Å². The van der Waals surface area contributed by atoms with Gasteiger partial charge >= 0.3 is 0 Å². The van der Waals surface area contributed by atoms with Gasteiger partial charge in [0.2, 0.25) is 0 Å². The minimum atomic E-state index is 0. The number of nitrogens with two attached hydrogens (primary N) is 1. The molecule has 15 heavy (non-hydrogen) atoms. The Bertz CT molecular complexity index is 178. The third kappa shape index (κ3) is 9.90. The van der Waals surface area contributed by atoms with Crippen molar-refractivity contribution in [2.45, 2.75) is 6.17 Å². The normalized spacial score (nSPS) is 18.6. The lowest BCUT2D eigenvalue weighted by Crippen LogP contribution is -2.53. The van der Waals surface area contributed by atoms with Crippen molar-refractivity contribution in [1.29, 1.82) is 0 Å². The molecule has 0 radical (unpaired) electrons. The van der Waals surface area contributed by atoms with Gasteiger partial charge in [-0.1, -0.05) is 6.07 Å². The van der Waals surface area contributed by atoms with Crippen molar-refractivity contribution in [3.05, 3.63) is 30.6 Å². The molecule has 0 aromatic carbocycles. The van der Waals surface area contributed by atoms with E-state index in [4.69, 9.17) is 5.73 Å². The number of nitrogens with zero attached hydrogens (tertiary/aromatic N) is 1. The molecule has 1 atom stereocenters. The molecule has 1 aliphatic rings. The highest BCUT2D eigenvalue weighted by molar-refractivity contribution is 5.85. The summed E-state index contributed by atoms with van der Waals surface area (Å²) in [6.07, 6.45) is 3.67. The zero-order chi connectivity index (χ0) is 9.36. The van der Waals surface area contributed by atoms with E-state index in [1.807, 2.05) is 18.2 Å². The van der Waals surface area contributed by atoms with Crippen molar-refractivity contribution < 1.29 is 0 Å². The second-order valence-corrected chi connectivity index (χ2v) is 2.79. The smallest absolute Gasteiger partial charge is 0.0675 e. The zero-order valence-corrected chi connectivity index (χ0v) is 10.1. The number of pyridine rings is 1. The summed E-state index contributed by atoms with van der Waals surface area (Å²) in [5.74, 6) is 0. The molecule has 6 heteroatoms. The quantitative estimate of drug-likeness (QED) is 0.626. The molecular formula is C9H18Cl2N4. The molecule has 0 spiro atoms. The summed E-state index contributed by atoms with van der Waals surface area (Å²) < 4.78 is 0. The highest BCUT2D eigenvalue weighted by Crippen LogP contribution is 1.74. The molecule has 0 saturated carbocycles. The van der Waals surface area contributed by atoms with E-state index in [1.165, 1.54) is 0 Å². The van der Waals surface area contributed by atoms with E-state index in [1.54, 1.807) is 12.4 Å². The molecule has 0 unspecified atom stereocenters. The summed E-state index contributed by atoms with van der Waals surface area (Å²) in [4.78, 5) is 3.78. The maximum atomic E-state index is 5.46. The molecule has 4 nitrogen and oxygen atoms in total. The Morgan fingerprint density at radius 1 is 1.07 bits per heavy atom. The average Bonchev–Trinajstić information content (AvgIpc) is 2.22. The van der Waals surface area contributed by atoms with Gasteiger partial charge in [0.25, 0.3) is 0 Å². The Kier molecular flexibility index (Phi) is 13.3. The Hall–Kier alpha value is -0.390. The zero-order valence-electron chi connectivity index (χ0n) is 8.43. The molecule has 2 heterocycles. The van der Waals surface area contributed by atoms with Gasteiger partial charge in [-0.25, -0.2) is 0 Å². The summed E-state index contributed by atoms with van der Waals surface area (Å²) in [5, 5.41) is 6.24. The van der Waals surface area contributed by atoms with Crippen molar-refractivity contribution in [2.24, 2.45) is 5.73 Å². The van der Waals surface area contributed by atoms with E-state index in [9.17, 15) is 0 Å². The van der Waals surface area contributed by atoms with Crippen molar-refractivity contribution in [3.63, 3.8) is 0 Å². The van der Waals surface area contributed by atoms with Gasteiger partial charge in [-0.2, -0.15) is 0 Å². The van der Waals surface area contributed by atoms with Gasteiger partial charge in [0.05, 0.1) is 6.17 Å². The number of halogens is 2. The van der Waals surface area contributed by atoms with E-state index in [-0.39, 0.29) is 31.0 Å². The molecule has 88 valence electrons. The minimum Gasteiger partial charge on any atom is -0.315 e. The number of hydrogen-bond donors (Lipinski definition) is 3. The second kappa shape index (κ2) is 11.7. The first kappa shape index (κ1) is 17.0. The van der Waals surface area contributed by atoms with Crippen LogP contribution in [0.5, 0.6) is 0 Å². The van der Waals surface area contributed by atoms with E-state index < -0.39 is 0 Å². The summed E-state index contributed by atoms with van der Waals surface area (Å²) in [6.45, 7) is 2.95. The highest BCUT2D eigenvalue weighted by atomic mass is 35.5. The number of hydrogen-bond acceptors (Lipinski definition) is 4. The van der Waals surface area contributed by atoms with Gasteiger partial charge in [-0.15, -0.1) is 24.8 Å². The molecule has 1 aromatic rings. The number of nitrogens with one attached hydrogen (secondary N) is 2. The molecule has 0 aliphatic carbocycles. The van der Waals surface area contributed by atoms with Gasteiger partial charge < -0.3 is 11.1 Å². The molecule has 0 bridgehead atoms. The van der Waals surface area contributed by atoms with Crippen LogP contribution in [0.4, 0.5) is 0 Å². The maximum absolute atomic E-state index is 5.46. The lowest BCUT2D eigenvalue weighted by Gasteiger charge is -2.19. The van der Waals surface area contributed by atoms with Crippen LogP contribution in [-0.4, -0.2) is 30.8 Å². The van der Waals surface area contributed by atoms with Gasteiger partial charge in [0.1, 0.15) is 0 Å². The first-order valence-electron chi connectivity index (χ1n) is 4.44. The fraction of sp³-hybridized carbons (Fsp3) is 0.444. The summed E-state index contributed by atoms with van der Waals surface area (Å²) in [7, 11) is 0. The standard InChI is InChI=1S/C5H5N.C4H11N3.2ClH/c1-2-4-6-5-3-1;5-4-3-6-1-2-7-4;;/h1-5H;4,6-7H,1-3,5H2;2*1H/t;4-;;/m.1../s1. The van der Waals surface area contributed by atoms with Crippen LogP contribution in [0.1, 0.15) is 0 Å². The Morgan fingerprint density at radius 3 is 1.93 bits per heavy atom. The van der Waals surface area contributed by atoms with E-state index >= 15 is 0 Å². The van der Waals surface area contributed by atoms with Gasteiger partial charge in [0.15, 0.2) is 0 Å². The van der Waals surface area contributed by atoms with Crippen LogP contribution in [0.25, 0.3) is 0 Å². The predicted molar refractivity (Wildman–Crippen MR) is 67.6 cm³/mol. The summed E-state index contributed by atoms with van der Waals surface area (Å²) >= 11 is 0. The lowest BCUT2D eigenvalue weighted by molar-refractivity contribution is 0.428. The lowest BCUT2D eigenvalue weighted by atomic mass is 10.4. The molecular weight excluding hydrogens is 235 g/mol. The topological polar surface area (TPSA) is 63.0 Å². The van der Waals surface area contributed by atoms with Crippen LogP contribution in [-0.2, 0) is 0 Å². The Morgan fingerprint density at radius 2 is 1.73 bits per heavy atom. The first-order valence-corrected chi connectivity index (χ1v) is 4.44. The molecule has 2 rings (SSSR count). The average molecular weight is 253 g/mol. The molecule has 1 saturated heterocycles. The maximum Gasteiger partial charge on any atom is 0.0675 e. The fourth-order valence-electron chi connectivity index (χ4n) is 0.988. The molecule has 1 aliphatic heterocycles. The Balaban J connectivity index is 0. The van der Waals surface area contributed by atoms with Crippen LogP contribution in [0.3, 0.4) is 0 Å². The molecule has 4 N–H and O–H groups in total. The molecule has 1 fully saturated rings. The summed E-state index contributed by atoms with van der Waals surface area (Å²) in [5.41, 5.74) is 5.46. The minimum absolute atomic E-state index is 0. The van der Waals surface area contributed by atoms with Gasteiger partial charge in [-0.3, -0.25) is 10.3 Å². The van der Waals surface area contributed by atoms with Gasteiger partial charge in [0, 0.05) is 32.0 Å². The highest BCUT2D eigenvalue weighted by Gasteiger charge is 2.03. The van der Waals surface area contributed by atoms with Crippen molar-refractivity contribution in [2.75, 3.05) is 19.6 Å². The second-order valence-electron chi connectivity index (χ2n) is 2.79. The van der Waals surface area contributed by atoms with Crippen molar-refractivity contribution in [1.82, 2.24) is 15.6 Å². The van der Waals surface area contributed by atoms with E-state index in [0.29, 0.717) is 0 Å². The third-order valence-electron chi connectivity index (χ3n) is 1.64. The number of piperazine rings is 1. The van der Waals surface area contributed by atoms with Crippen molar-refractivity contribution in [3.8, 4) is 0 Å². The van der Waals surface area contributed by atoms with Crippen LogP contribution in [0.2, 0.25) is 0 Å². The van der Waals surface area contributed by atoms with E-state index in [0.717, 1.165) is 19.6 Å². The number of aromatic nitrogens is 1. The fourth-order valence-corrected chi connectivity index (χ4v) is 0.988. The number of rotatable bonds is 0. The van der Waals surface area contributed by atoms with Crippen molar-refractivity contribution >= 4 is 24.8 Å². The van der Waals surface area contributed by atoms with Crippen LogP contribution in [0.15, 0.2) is 30.6 Å². The monoisotopic (exact) mass is 252 g/mol. The molecule has 0 amide bonds. The van der Waals surface area contributed by atoms with Gasteiger partial charge in [-0.05, 0) is 12.1 Å². The van der Waals surface area contributed by atoms with E-state index in [2.05, 4.69) is 15.6 Å². The SMILES string of the molecule is Cl.Cl.N[C@H]1CNCCN1.c1ccncc1. The third-order valence-corrected chi connectivity index (χ3v) is 1.64. The Labute approximate surface area is 103 Å². The summed E-state index contributed by atoms with van der Waals surface area (Å²) in [6, 6.07) is 5.72. The van der Waals surface area contributed by atoms with Crippen LogP contribution >= 0.6 is 24.8 Å². The largest absolute Gasteiger partial charge is 0.315 e. The van der Waals surface area contributed by atoms with Crippen LogP contribution in [0, 0.1) is 0 Å². The predicted octanol–water partition coefficient (Wildman–Crippen LogP) is 0.389. The molecule has 1 aromatic heterocycles. The first-order chi connectivity index (χ1) is 6.39.